The number of aromatic nitrogens is 3. The highest BCUT2D eigenvalue weighted by molar-refractivity contribution is 7.99. The maximum atomic E-state index is 12.9. The number of hydrogen-bond acceptors (Lipinski definition) is 5. The molecular weight excluding hydrogens is 358 g/mol. The molecule has 0 radical (unpaired) electrons. The Morgan fingerprint density at radius 2 is 1.89 bits per heavy atom. The predicted octanol–water partition coefficient (Wildman–Crippen LogP) is 3.24. The Balaban J connectivity index is 1.41. The van der Waals surface area contributed by atoms with Crippen molar-refractivity contribution in [2.75, 3.05) is 18.1 Å². The molecule has 1 aromatic carbocycles. The molecular formula is C20H27N5OS. The van der Waals surface area contributed by atoms with E-state index in [0.29, 0.717) is 28.7 Å². The summed E-state index contributed by atoms with van der Waals surface area (Å²) in [4.78, 5) is 15.0. The van der Waals surface area contributed by atoms with E-state index in [1.54, 1.807) is 0 Å². The van der Waals surface area contributed by atoms with Crippen LogP contribution in [0.4, 0.5) is 0 Å². The van der Waals surface area contributed by atoms with Gasteiger partial charge < -0.3 is 10.7 Å². The number of fused-ring (bicyclic) bond motifs is 1. The average Bonchev–Trinajstić information content (AvgIpc) is 3.07. The molecule has 1 saturated heterocycles. The monoisotopic (exact) mass is 385 g/mol. The standard InChI is InChI=1S/C20H27N5OS/c1-14-8-10-16(11-9-14)19-22-23-20(25(19)21)27-13-18(26)24-12-4-6-15-5-2-3-7-17(15)24/h8-11,15,17H,2-7,12-13,21H2,1H3. The summed E-state index contributed by atoms with van der Waals surface area (Å²) >= 11 is 1.38. The summed E-state index contributed by atoms with van der Waals surface area (Å²) in [6.45, 7) is 2.94. The van der Waals surface area contributed by atoms with Crippen LogP contribution in [-0.4, -0.2) is 44.0 Å². The van der Waals surface area contributed by atoms with E-state index in [4.69, 9.17) is 5.84 Å². The molecule has 1 amide bonds. The molecule has 0 spiro atoms. The van der Waals surface area contributed by atoms with Gasteiger partial charge in [0.15, 0.2) is 5.82 Å². The number of benzene rings is 1. The van der Waals surface area contributed by atoms with E-state index in [1.807, 2.05) is 31.2 Å². The van der Waals surface area contributed by atoms with Crippen molar-refractivity contribution in [3.63, 3.8) is 0 Å². The molecule has 4 rings (SSSR count). The number of nitrogens with zero attached hydrogens (tertiary/aromatic N) is 4. The molecule has 2 aromatic rings. The number of rotatable bonds is 4. The Kier molecular flexibility index (Phi) is 5.38. The third kappa shape index (κ3) is 3.83. The van der Waals surface area contributed by atoms with Crippen molar-refractivity contribution in [3.8, 4) is 11.4 Å². The summed E-state index contributed by atoms with van der Waals surface area (Å²) in [6.07, 6.45) is 7.40. The first-order valence-electron chi connectivity index (χ1n) is 9.83. The molecule has 1 aliphatic carbocycles. The van der Waals surface area contributed by atoms with Gasteiger partial charge in [0.2, 0.25) is 11.1 Å². The van der Waals surface area contributed by atoms with Crippen LogP contribution in [0.3, 0.4) is 0 Å². The number of carbonyl (C=O) groups is 1. The van der Waals surface area contributed by atoms with Gasteiger partial charge in [-0.25, -0.2) is 4.68 Å². The normalized spacial score (nSPS) is 22.5. The van der Waals surface area contributed by atoms with Crippen molar-refractivity contribution in [1.29, 1.82) is 0 Å². The summed E-state index contributed by atoms with van der Waals surface area (Å²) in [7, 11) is 0. The largest absolute Gasteiger partial charge is 0.339 e. The molecule has 144 valence electrons. The van der Waals surface area contributed by atoms with Crippen LogP contribution in [0.2, 0.25) is 0 Å². The molecule has 2 N–H and O–H groups in total. The average molecular weight is 386 g/mol. The number of aryl methyl sites for hydroxylation is 1. The van der Waals surface area contributed by atoms with Crippen LogP contribution < -0.4 is 5.84 Å². The highest BCUT2D eigenvalue weighted by Gasteiger charge is 2.35. The number of carbonyl (C=O) groups excluding carboxylic acids is 1. The number of amides is 1. The molecule has 0 bridgehead atoms. The quantitative estimate of drug-likeness (QED) is 0.646. The second-order valence-electron chi connectivity index (χ2n) is 7.67. The molecule has 7 heteroatoms. The summed E-state index contributed by atoms with van der Waals surface area (Å²) in [6, 6.07) is 8.46. The van der Waals surface area contributed by atoms with Crippen molar-refractivity contribution < 1.29 is 4.79 Å². The first-order valence-corrected chi connectivity index (χ1v) is 10.8. The smallest absolute Gasteiger partial charge is 0.233 e. The zero-order chi connectivity index (χ0) is 18.8. The summed E-state index contributed by atoms with van der Waals surface area (Å²) in [5.41, 5.74) is 2.11. The van der Waals surface area contributed by atoms with Gasteiger partial charge in [0.1, 0.15) is 0 Å². The lowest BCUT2D eigenvalue weighted by Crippen LogP contribution is -2.50. The second kappa shape index (κ2) is 7.92. The molecule has 27 heavy (non-hydrogen) atoms. The summed E-state index contributed by atoms with van der Waals surface area (Å²) < 4.78 is 1.49. The minimum absolute atomic E-state index is 0.205. The molecule has 6 nitrogen and oxygen atoms in total. The zero-order valence-electron chi connectivity index (χ0n) is 15.8. The Bertz CT molecular complexity index is 801. The Hall–Kier alpha value is -2.02. The maximum Gasteiger partial charge on any atom is 0.233 e. The van der Waals surface area contributed by atoms with Gasteiger partial charge in [0, 0.05) is 18.2 Å². The molecule has 2 aliphatic rings. The van der Waals surface area contributed by atoms with E-state index in [2.05, 4.69) is 15.1 Å². The third-order valence-electron chi connectivity index (χ3n) is 5.86. The number of piperidine rings is 1. The van der Waals surface area contributed by atoms with E-state index < -0.39 is 0 Å². The number of hydrogen-bond donors (Lipinski definition) is 1. The molecule has 2 heterocycles. The van der Waals surface area contributed by atoms with E-state index in [9.17, 15) is 4.79 Å². The van der Waals surface area contributed by atoms with Crippen LogP contribution in [0.5, 0.6) is 0 Å². The van der Waals surface area contributed by atoms with E-state index in [-0.39, 0.29) is 5.91 Å². The van der Waals surface area contributed by atoms with Crippen molar-refractivity contribution in [2.24, 2.45) is 5.92 Å². The van der Waals surface area contributed by atoms with Gasteiger partial charge in [0.05, 0.1) is 5.75 Å². The number of thioether (sulfide) groups is 1. The summed E-state index contributed by atoms with van der Waals surface area (Å²) in [5, 5.41) is 8.99. The van der Waals surface area contributed by atoms with Gasteiger partial charge in [0.25, 0.3) is 0 Å². The topological polar surface area (TPSA) is 77.0 Å². The molecule has 1 aliphatic heterocycles. The lowest BCUT2D eigenvalue weighted by atomic mass is 9.78. The highest BCUT2D eigenvalue weighted by Crippen LogP contribution is 2.35. The van der Waals surface area contributed by atoms with Crippen molar-refractivity contribution in [3.05, 3.63) is 29.8 Å². The van der Waals surface area contributed by atoms with Crippen LogP contribution in [0, 0.1) is 12.8 Å². The van der Waals surface area contributed by atoms with Crippen LogP contribution in [0.15, 0.2) is 29.4 Å². The van der Waals surface area contributed by atoms with Crippen LogP contribution >= 0.6 is 11.8 Å². The fraction of sp³-hybridized carbons (Fsp3) is 0.550. The van der Waals surface area contributed by atoms with Crippen molar-refractivity contribution >= 4 is 17.7 Å². The van der Waals surface area contributed by atoms with Gasteiger partial charge in [-0.3, -0.25) is 4.79 Å². The third-order valence-corrected chi connectivity index (χ3v) is 6.79. The van der Waals surface area contributed by atoms with Gasteiger partial charge >= 0.3 is 0 Å². The Labute approximate surface area is 164 Å². The fourth-order valence-corrected chi connectivity index (χ4v) is 5.16. The Morgan fingerprint density at radius 1 is 1.15 bits per heavy atom. The Morgan fingerprint density at radius 3 is 2.70 bits per heavy atom. The van der Waals surface area contributed by atoms with Gasteiger partial charge in [-0.2, -0.15) is 0 Å². The van der Waals surface area contributed by atoms with Crippen LogP contribution in [0.25, 0.3) is 11.4 Å². The van der Waals surface area contributed by atoms with Crippen LogP contribution in [0.1, 0.15) is 44.1 Å². The van der Waals surface area contributed by atoms with Crippen molar-refractivity contribution in [1.82, 2.24) is 19.8 Å². The van der Waals surface area contributed by atoms with Gasteiger partial charge in [-0.15, -0.1) is 10.2 Å². The summed E-state index contributed by atoms with van der Waals surface area (Å²) in [5.74, 6) is 8.09. The zero-order valence-corrected chi connectivity index (χ0v) is 16.6. The minimum Gasteiger partial charge on any atom is -0.339 e. The SMILES string of the molecule is Cc1ccc(-c2nnc(SCC(=O)N3CCCC4CCCCC43)n2N)cc1. The number of nitrogens with two attached hydrogens (primary N) is 1. The number of nitrogen functional groups attached to an aromatic ring is 1. The van der Waals surface area contributed by atoms with Crippen LogP contribution in [-0.2, 0) is 4.79 Å². The van der Waals surface area contributed by atoms with E-state index >= 15 is 0 Å². The van der Waals surface area contributed by atoms with Gasteiger partial charge in [-0.1, -0.05) is 54.4 Å². The van der Waals surface area contributed by atoms with E-state index in [1.165, 1.54) is 47.7 Å². The van der Waals surface area contributed by atoms with Gasteiger partial charge in [-0.05, 0) is 38.5 Å². The maximum absolute atomic E-state index is 12.9. The first kappa shape index (κ1) is 18.3. The molecule has 2 fully saturated rings. The highest BCUT2D eigenvalue weighted by atomic mass is 32.2. The number of likely N-dealkylation sites (tertiary alicyclic amines) is 1. The first-order chi connectivity index (χ1) is 13.1. The fourth-order valence-electron chi connectivity index (χ4n) is 4.42. The molecule has 1 saturated carbocycles. The lowest BCUT2D eigenvalue weighted by molar-refractivity contribution is -0.134. The van der Waals surface area contributed by atoms with E-state index in [0.717, 1.165) is 24.9 Å². The lowest BCUT2D eigenvalue weighted by Gasteiger charge is -2.44. The molecule has 2 atom stereocenters. The molecule has 2 unspecified atom stereocenters. The molecule has 1 aromatic heterocycles. The predicted molar refractivity (Wildman–Crippen MR) is 108 cm³/mol. The van der Waals surface area contributed by atoms with Crippen molar-refractivity contribution in [2.45, 2.75) is 56.6 Å². The second-order valence-corrected chi connectivity index (χ2v) is 8.61. The minimum atomic E-state index is 0.205.